The molecule has 17 heavy (non-hydrogen) atoms. The van der Waals surface area contributed by atoms with Gasteiger partial charge in [0.05, 0.1) is 0 Å². The number of aliphatic hydroxyl groups is 1. The summed E-state index contributed by atoms with van der Waals surface area (Å²) in [6, 6.07) is 7.75. The van der Waals surface area contributed by atoms with Crippen LogP contribution in [0.25, 0.3) is 0 Å². The molecule has 1 unspecified atom stereocenters. The van der Waals surface area contributed by atoms with Crippen LogP contribution in [-0.2, 0) is 0 Å². The number of terminal acetylenes is 1. The Morgan fingerprint density at radius 3 is 2.76 bits per heavy atom. The molecule has 0 bridgehead atoms. The van der Waals surface area contributed by atoms with E-state index in [2.05, 4.69) is 11.2 Å². The first-order valence-corrected chi connectivity index (χ1v) is 5.74. The fourth-order valence-corrected chi connectivity index (χ4v) is 1.32. The largest absolute Gasteiger partial charge is 0.491 e. The third-order valence-corrected chi connectivity index (χ3v) is 2.29. The van der Waals surface area contributed by atoms with Crippen LogP contribution in [0.3, 0.4) is 0 Å². The predicted molar refractivity (Wildman–Crippen MR) is 69.0 cm³/mol. The van der Waals surface area contributed by atoms with E-state index in [0.29, 0.717) is 13.0 Å². The molecule has 3 nitrogen and oxygen atoms in total. The zero-order valence-corrected chi connectivity index (χ0v) is 10.1. The SMILES string of the molecule is C#CCCNCC(O)COc1ccc(C)cc1. The maximum atomic E-state index is 9.63. The Morgan fingerprint density at radius 1 is 1.41 bits per heavy atom. The topological polar surface area (TPSA) is 41.5 Å². The molecule has 0 saturated heterocycles. The monoisotopic (exact) mass is 233 g/mol. The van der Waals surface area contributed by atoms with E-state index >= 15 is 0 Å². The molecular formula is C14H19NO2. The molecule has 3 heteroatoms. The zero-order valence-electron chi connectivity index (χ0n) is 10.1. The van der Waals surface area contributed by atoms with Crippen molar-refractivity contribution in [3.8, 4) is 18.1 Å². The Labute approximate surface area is 103 Å². The molecule has 0 aliphatic heterocycles. The summed E-state index contributed by atoms with van der Waals surface area (Å²) in [5.41, 5.74) is 1.19. The lowest BCUT2D eigenvalue weighted by molar-refractivity contribution is 0.107. The summed E-state index contributed by atoms with van der Waals surface area (Å²) in [7, 11) is 0. The van der Waals surface area contributed by atoms with Crippen LogP contribution >= 0.6 is 0 Å². The van der Waals surface area contributed by atoms with Gasteiger partial charge in [0, 0.05) is 19.5 Å². The van der Waals surface area contributed by atoms with Crippen molar-refractivity contribution in [1.29, 1.82) is 0 Å². The number of aliphatic hydroxyl groups excluding tert-OH is 1. The summed E-state index contributed by atoms with van der Waals surface area (Å²) < 4.78 is 5.45. The van der Waals surface area contributed by atoms with Crippen molar-refractivity contribution in [2.45, 2.75) is 19.4 Å². The molecule has 0 aliphatic carbocycles. The number of ether oxygens (including phenoxy) is 1. The second-order valence-electron chi connectivity index (χ2n) is 3.94. The van der Waals surface area contributed by atoms with Crippen molar-refractivity contribution in [3.63, 3.8) is 0 Å². The molecule has 2 N–H and O–H groups in total. The lowest BCUT2D eigenvalue weighted by atomic mass is 10.2. The number of aryl methyl sites for hydroxylation is 1. The van der Waals surface area contributed by atoms with E-state index in [-0.39, 0.29) is 6.61 Å². The molecule has 1 atom stereocenters. The van der Waals surface area contributed by atoms with Gasteiger partial charge < -0.3 is 15.2 Å². The van der Waals surface area contributed by atoms with Gasteiger partial charge in [0.2, 0.25) is 0 Å². The third kappa shape index (κ3) is 5.96. The first-order chi connectivity index (χ1) is 8.22. The van der Waals surface area contributed by atoms with Gasteiger partial charge in [-0.15, -0.1) is 12.3 Å². The molecule has 1 rings (SSSR count). The quantitative estimate of drug-likeness (QED) is 0.552. The number of hydrogen-bond acceptors (Lipinski definition) is 3. The van der Waals surface area contributed by atoms with E-state index in [1.165, 1.54) is 5.56 Å². The molecule has 1 aromatic carbocycles. The van der Waals surface area contributed by atoms with Crippen molar-refractivity contribution < 1.29 is 9.84 Å². The van der Waals surface area contributed by atoms with Gasteiger partial charge in [-0.05, 0) is 19.1 Å². The first kappa shape index (κ1) is 13.6. The summed E-state index contributed by atoms with van der Waals surface area (Å²) >= 11 is 0. The highest BCUT2D eigenvalue weighted by Gasteiger charge is 2.04. The molecule has 0 aliphatic rings. The Hall–Kier alpha value is -1.50. The van der Waals surface area contributed by atoms with Gasteiger partial charge in [0.25, 0.3) is 0 Å². The lowest BCUT2D eigenvalue weighted by Crippen LogP contribution is -2.31. The first-order valence-electron chi connectivity index (χ1n) is 5.74. The van der Waals surface area contributed by atoms with Gasteiger partial charge in [-0.25, -0.2) is 0 Å². The van der Waals surface area contributed by atoms with Crippen LogP contribution in [-0.4, -0.2) is 30.9 Å². The maximum Gasteiger partial charge on any atom is 0.119 e. The Balaban J connectivity index is 2.17. The Bertz CT molecular complexity index is 353. The van der Waals surface area contributed by atoms with Crippen molar-refractivity contribution >= 4 is 0 Å². The standard InChI is InChI=1S/C14H19NO2/c1-3-4-9-15-10-13(16)11-17-14-7-5-12(2)6-8-14/h1,5-8,13,15-16H,4,9-11H2,2H3. The minimum absolute atomic E-state index is 0.284. The van der Waals surface area contributed by atoms with Crippen molar-refractivity contribution in [1.82, 2.24) is 5.32 Å². The Kier molecular flexibility index (Phi) is 6.16. The molecular weight excluding hydrogens is 214 g/mol. The van der Waals surface area contributed by atoms with E-state index in [4.69, 9.17) is 11.2 Å². The highest BCUT2D eigenvalue weighted by Crippen LogP contribution is 2.11. The van der Waals surface area contributed by atoms with Gasteiger partial charge in [0.15, 0.2) is 0 Å². The summed E-state index contributed by atoms with van der Waals surface area (Å²) in [5, 5.41) is 12.7. The van der Waals surface area contributed by atoms with Crippen molar-refractivity contribution in [3.05, 3.63) is 29.8 Å². The summed E-state index contributed by atoms with van der Waals surface area (Å²) in [5.74, 6) is 3.31. The van der Waals surface area contributed by atoms with Crippen molar-refractivity contribution in [2.75, 3.05) is 19.7 Å². The molecule has 1 aromatic rings. The fraction of sp³-hybridized carbons (Fsp3) is 0.429. The van der Waals surface area contributed by atoms with Crippen LogP contribution in [0.4, 0.5) is 0 Å². The number of hydrogen-bond donors (Lipinski definition) is 2. The highest BCUT2D eigenvalue weighted by atomic mass is 16.5. The van der Waals surface area contributed by atoms with Crippen molar-refractivity contribution in [2.24, 2.45) is 0 Å². The van der Waals surface area contributed by atoms with E-state index in [0.717, 1.165) is 12.3 Å². The summed E-state index contributed by atoms with van der Waals surface area (Å²) in [6.07, 6.45) is 5.27. The van der Waals surface area contributed by atoms with E-state index in [1.54, 1.807) is 0 Å². The summed E-state index contributed by atoms with van der Waals surface area (Å²) in [6.45, 7) is 3.52. The molecule has 0 aromatic heterocycles. The molecule has 0 saturated carbocycles. The minimum Gasteiger partial charge on any atom is -0.491 e. The predicted octanol–water partition coefficient (Wildman–Crippen LogP) is 1.35. The van der Waals surface area contributed by atoms with Gasteiger partial charge >= 0.3 is 0 Å². The van der Waals surface area contributed by atoms with Gasteiger partial charge in [-0.2, -0.15) is 0 Å². The van der Waals surface area contributed by atoms with Crippen LogP contribution < -0.4 is 10.1 Å². The van der Waals surface area contributed by atoms with Crippen LogP contribution in [0.2, 0.25) is 0 Å². The van der Waals surface area contributed by atoms with Crippen LogP contribution in [0, 0.1) is 19.3 Å². The normalized spacial score (nSPS) is 11.8. The van der Waals surface area contributed by atoms with E-state index in [1.807, 2.05) is 31.2 Å². The molecule has 0 radical (unpaired) electrons. The third-order valence-electron chi connectivity index (χ3n) is 2.29. The second-order valence-corrected chi connectivity index (χ2v) is 3.94. The van der Waals surface area contributed by atoms with E-state index < -0.39 is 6.10 Å². The fourth-order valence-electron chi connectivity index (χ4n) is 1.32. The van der Waals surface area contributed by atoms with E-state index in [9.17, 15) is 5.11 Å². The summed E-state index contributed by atoms with van der Waals surface area (Å²) in [4.78, 5) is 0. The lowest BCUT2D eigenvalue weighted by Gasteiger charge is -2.12. The number of rotatable bonds is 7. The van der Waals surface area contributed by atoms with Crippen LogP contribution in [0.5, 0.6) is 5.75 Å². The van der Waals surface area contributed by atoms with Gasteiger partial charge in [-0.1, -0.05) is 17.7 Å². The Morgan fingerprint density at radius 2 is 2.12 bits per heavy atom. The molecule has 0 fully saturated rings. The number of nitrogens with one attached hydrogen (secondary N) is 1. The van der Waals surface area contributed by atoms with Crippen LogP contribution in [0.15, 0.2) is 24.3 Å². The molecule has 0 heterocycles. The zero-order chi connectivity index (χ0) is 12.5. The van der Waals surface area contributed by atoms with Gasteiger partial charge in [-0.3, -0.25) is 0 Å². The molecule has 92 valence electrons. The number of benzene rings is 1. The highest BCUT2D eigenvalue weighted by molar-refractivity contribution is 5.26. The smallest absolute Gasteiger partial charge is 0.119 e. The molecule has 0 amide bonds. The average Bonchev–Trinajstić information content (AvgIpc) is 2.34. The average molecular weight is 233 g/mol. The maximum absolute atomic E-state index is 9.63. The van der Waals surface area contributed by atoms with Crippen LogP contribution in [0.1, 0.15) is 12.0 Å². The van der Waals surface area contributed by atoms with Gasteiger partial charge in [0.1, 0.15) is 18.5 Å². The molecule has 0 spiro atoms. The second kappa shape index (κ2) is 7.72. The minimum atomic E-state index is -0.519.